The van der Waals surface area contributed by atoms with Crippen LogP contribution in [0.25, 0.3) is 11.5 Å². The molecule has 6 aliphatic rings. The first kappa shape index (κ1) is 34.6. The maximum absolute atomic E-state index is 15.6. The van der Waals surface area contributed by atoms with Gasteiger partial charge in [-0.3, -0.25) is 19.2 Å². The number of carbonyl (C=O) groups excluding carboxylic acids is 4. The van der Waals surface area contributed by atoms with Crippen LogP contribution in [0.3, 0.4) is 0 Å². The van der Waals surface area contributed by atoms with Crippen LogP contribution in [0.2, 0.25) is 0 Å². The highest BCUT2D eigenvalue weighted by molar-refractivity contribution is 6.30. The van der Waals surface area contributed by atoms with Crippen LogP contribution in [0.1, 0.15) is 43.0 Å². The second kappa shape index (κ2) is 12.0. The molecule has 0 saturated heterocycles. The van der Waals surface area contributed by atoms with Crippen molar-refractivity contribution in [2.45, 2.75) is 26.1 Å². The molecule has 0 unspecified atom stereocenters. The normalized spacial score (nSPS) is 32.0. The summed E-state index contributed by atoms with van der Waals surface area (Å²) in [6, 6.07) is 6.35. The van der Waals surface area contributed by atoms with Crippen molar-refractivity contribution in [3.05, 3.63) is 68.8 Å². The third-order valence-corrected chi connectivity index (χ3v) is 11.8. The van der Waals surface area contributed by atoms with Gasteiger partial charge in [-0.25, -0.2) is 0 Å². The Labute approximate surface area is 298 Å². The molecule has 14 nitrogen and oxygen atoms in total. The van der Waals surface area contributed by atoms with Crippen LogP contribution in [0, 0.1) is 48.3 Å². The van der Waals surface area contributed by atoms with Crippen LogP contribution >= 0.6 is 0 Å². The molecule has 2 aromatic carbocycles. The largest absolute Gasteiger partial charge is 0.507 e. The van der Waals surface area contributed by atoms with E-state index in [1.165, 1.54) is 28.4 Å². The lowest BCUT2D eigenvalue weighted by Gasteiger charge is -2.54. The zero-order chi connectivity index (χ0) is 37.0. The van der Waals surface area contributed by atoms with Gasteiger partial charge in [0.2, 0.25) is 0 Å². The van der Waals surface area contributed by atoms with Gasteiger partial charge in [0.25, 0.3) is 0 Å². The molecule has 4 saturated carbocycles. The predicted molar refractivity (Wildman–Crippen MR) is 177 cm³/mol. The summed E-state index contributed by atoms with van der Waals surface area (Å²) in [7, 11) is 5.62. The van der Waals surface area contributed by atoms with Crippen molar-refractivity contribution < 1.29 is 67.3 Å². The summed E-state index contributed by atoms with van der Waals surface area (Å²) < 4.78 is 45.0. The van der Waals surface area contributed by atoms with Gasteiger partial charge in [0, 0.05) is 51.4 Å². The quantitative estimate of drug-likeness (QED) is 0.304. The average Bonchev–Trinajstić information content (AvgIpc) is 3.52. The number of ether oxygens (including phenoxy) is 8. The van der Waals surface area contributed by atoms with Crippen LogP contribution in [0.5, 0.6) is 11.5 Å². The van der Waals surface area contributed by atoms with Crippen molar-refractivity contribution in [3.8, 4) is 11.5 Å². The molecule has 8 atom stereocenters. The smallest absolute Gasteiger partial charge is 0.188 e. The number of allylic oxidation sites excluding steroid dienone is 2. The summed E-state index contributed by atoms with van der Waals surface area (Å²) in [5.74, 6) is -8.84. The molecule has 2 aromatic rings. The van der Waals surface area contributed by atoms with Crippen molar-refractivity contribution in [2.75, 3.05) is 55.6 Å². The molecule has 2 N–H and O–H groups in total. The number of hydrogen-bond donors (Lipinski definition) is 2. The van der Waals surface area contributed by atoms with Gasteiger partial charge in [-0.1, -0.05) is 0 Å². The van der Waals surface area contributed by atoms with Crippen molar-refractivity contribution in [3.63, 3.8) is 0 Å². The first-order valence-electron chi connectivity index (χ1n) is 16.8. The van der Waals surface area contributed by atoms with Gasteiger partial charge in [-0.15, -0.1) is 0 Å². The molecule has 274 valence electrons. The monoisotopic (exact) mass is 718 g/mol. The molecule has 0 aliphatic heterocycles. The van der Waals surface area contributed by atoms with Gasteiger partial charge < -0.3 is 48.1 Å². The van der Waals surface area contributed by atoms with Crippen molar-refractivity contribution in [1.82, 2.24) is 0 Å². The Morgan fingerprint density at radius 3 is 1.29 bits per heavy atom. The number of ketones is 4. The van der Waals surface area contributed by atoms with E-state index in [0.717, 1.165) is 0 Å². The highest BCUT2D eigenvalue weighted by atomic mass is 16.7. The fraction of sp³-hybridized carbons (Fsp3) is 0.474. The van der Waals surface area contributed by atoms with E-state index in [2.05, 4.69) is 0 Å². The molecular weight excluding hydrogens is 680 g/mol. The van der Waals surface area contributed by atoms with E-state index >= 15 is 19.2 Å². The number of aliphatic hydroxyl groups excluding tert-OH is 2. The van der Waals surface area contributed by atoms with Crippen LogP contribution in [0.4, 0.5) is 0 Å². The molecule has 4 fully saturated rings. The Balaban J connectivity index is 1.49. The zero-order valence-electron chi connectivity index (χ0n) is 29.4. The fourth-order valence-electron chi connectivity index (χ4n) is 10.6. The molecule has 0 heterocycles. The zero-order valence-corrected chi connectivity index (χ0v) is 29.4. The van der Waals surface area contributed by atoms with Crippen LogP contribution in [-0.2, 0) is 38.0 Å². The molecule has 14 heteroatoms. The molecule has 0 radical (unpaired) electrons. The number of benzene rings is 2. The van der Waals surface area contributed by atoms with E-state index in [1.807, 2.05) is 0 Å². The van der Waals surface area contributed by atoms with E-state index in [-0.39, 0.29) is 72.1 Å². The Hall–Kier alpha value is -4.44. The third-order valence-electron chi connectivity index (χ3n) is 11.8. The molecule has 6 aliphatic carbocycles. The molecule has 0 aromatic heterocycles. The average molecular weight is 719 g/mol. The van der Waals surface area contributed by atoms with Crippen molar-refractivity contribution in [1.29, 1.82) is 0 Å². The summed E-state index contributed by atoms with van der Waals surface area (Å²) >= 11 is 0. The maximum atomic E-state index is 15.6. The number of aryl methyl sites for hydroxylation is 2. The van der Waals surface area contributed by atoms with Crippen molar-refractivity contribution in [2.24, 2.45) is 34.5 Å². The molecule has 2 spiro atoms. The number of methoxy groups -OCH3 is 4. The minimum atomic E-state index is -2.08. The van der Waals surface area contributed by atoms with Gasteiger partial charge in [-0.2, -0.15) is 0 Å². The first-order chi connectivity index (χ1) is 25.0. The third kappa shape index (κ3) is 3.94. The fourth-order valence-corrected chi connectivity index (χ4v) is 10.6. The van der Waals surface area contributed by atoms with E-state index in [9.17, 15) is 10.2 Å². The SMILES string of the molecule is COCOc1cc(C)cc2c1C(O)=C1C(=O)[C@H]3[C@@H](OCOC)[C@@H]4[C@@H]5[C@H](OCOC)[C@H](C(=O)C6=C(O)c7c(OCOC)cc(C)cc7C(=O)[C@@]653)[C@]14C2=O. The predicted octanol–water partition coefficient (Wildman–Crippen LogP) is 3.51. The second-order valence-electron chi connectivity index (χ2n) is 14.1. The minimum Gasteiger partial charge on any atom is -0.507 e. The van der Waals surface area contributed by atoms with E-state index in [0.29, 0.717) is 11.1 Å². The summed E-state index contributed by atoms with van der Waals surface area (Å²) in [4.78, 5) is 61.9. The highest BCUT2D eigenvalue weighted by Gasteiger charge is 2.90. The Kier molecular flexibility index (Phi) is 8.03. The Morgan fingerprint density at radius 1 is 0.577 bits per heavy atom. The van der Waals surface area contributed by atoms with Gasteiger partial charge in [-0.05, 0) is 49.2 Å². The Bertz CT molecular complexity index is 1890. The van der Waals surface area contributed by atoms with Gasteiger partial charge in [0.1, 0.15) is 36.6 Å². The number of carbonyl (C=O) groups is 4. The lowest BCUT2D eigenvalue weighted by Crippen LogP contribution is -2.66. The first-order valence-corrected chi connectivity index (χ1v) is 16.8. The standard InChI is InChI=1S/C38H38O14/c1-15-7-17-21(19(9-15)49-11-45-3)29(39)25-31(41)28-33(51-13-47-5)23-24-34(52-14-48-6)27(37(23,25)35(17)43)32(42)26-30(40)22-18(36(44)38(24,26)28)8-16(2)10-20(22)50-12-46-4/h7-10,23-24,27-28,33-34,39-40H,11-14H2,1-6H3/t23-,24+,27-,28-,33-,34-,37+,38+/m0/s1. The summed E-state index contributed by atoms with van der Waals surface area (Å²) in [5.41, 5.74) is -3.61. The molecule has 52 heavy (non-hydrogen) atoms. The van der Waals surface area contributed by atoms with Crippen LogP contribution < -0.4 is 9.47 Å². The van der Waals surface area contributed by atoms with E-state index in [1.54, 1.807) is 38.1 Å². The van der Waals surface area contributed by atoms with Crippen LogP contribution in [0.15, 0.2) is 35.4 Å². The highest BCUT2D eigenvalue weighted by Crippen LogP contribution is 2.81. The van der Waals surface area contributed by atoms with E-state index in [4.69, 9.17) is 37.9 Å². The van der Waals surface area contributed by atoms with Crippen molar-refractivity contribution >= 4 is 34.7 Å². The lowest BCUT2D eigenvalue weighted by molar-refractivity contribution is -0.161. The van der Waals surface area contributed by atoms with Gasteiger partial charge in [0.15, 0.2) is 36.7 Å². The number of Topliss-reactive ketones (excluding diaryl/α,β-unsaturated/α-hetero) is 4. The number of hydrogen-bond acceptors (Lipinski definition) is 14. The van der Waals surface area contributed by atoms with Gasteiger partial charge in [0.05, 0.1) is 57.1 Å². The second-order valence-corrected chi connectivity index (χ2v) is 14.1. The topological polar surface area (TPSA) is 183 Å². The lowest BCUT2D eigenvalue weighted by atomic mass is 9.46. The summed E-state index contributed by atoms with van der Waals surface area (Å²) in [6.45, 7) is 2.39. The molecule has 4 bridgehead atoms. The minimum absolute atomic E-state index is 0.0116. The Morgan fingerprint density at radius 2 is 0.942 bits per heavy atom. The molecule has 8 rings (SSSR count). The number of aliphatic hydroxyl groups is 2. The summed E-state index contributed by atoms with van der Waals surface area (Å²) in [5, 5.41) is 24.7. The number of fused-ring (bicyclic) bond motifs is 4. The van der Waals surface area contributed by atoms with Gasteiger partial charge >= 0.3 is 0 Å². The molecular formula is C38H38O14. The molecule has 0 amide bonds. The van der Waals surface area contributed by atoms with E-state index < -0.39 is 81.4 Å². The van der Waals surface area contributed by atoms with Crippen LogP contribution in [-0.4, -0.2) is 101 Å². The summed E-state index contributed by atoms with van der Waals surface area (Å²) in [6.07, 6.45) is -2.36. The number of rotatable bonds is 12. The maximum Gasteiger partial charge on any atom is 0.188 e.